The standard InChI is InChI=1S/C10H17FN2O/c11-6-8-3-5-13(7-8)10(14)9-2-1-4-12-9/h8-9,12H,1-7H2/t8-,9+/m0/s1. The van der Waals surface area contributed by atoms with Crippen LogP contribution >= 0.6 is 0 Å². The molecule has 2 atom stereocenters. The molecule has 1 amide bonds. The average Bonchev–Trinajstić information content (AvgIpc) is 2.88. The second-order valence-electron chi connectivity index (χ2n) is 4.24. The van der Waals surface area contributed by atoms with E-state index >= 15 is 0 Å². The highest BCUT2D eigenvalue weighted by atomic mass is 19.1. The predicted molar refractivity (Wildman–Crippen MR) is 51.7 cm³/mol. The Hall–Kier alpha value is -0.640. The van der Waals surface area contributed by atoms with Gasteiger partial charge in [0.25, 0.3) is 0 Å². The molecule has 2 heterocycles. The van der Waals surface area contributed by atoms with Crippen molar-refractivity contribution < 1.29 is 9.18 Å². The molecule has 0 aliphatic carbocycles. The zero-order chi connectivity index (χ0) is 9.97. The van der Waals surface area contributed by atoms with Gasteiger partial charge in [-0.2, -0.15) is 0 Å². The Morgan fingerprint density at radius 3 is 2.93 bits per heavy atom. The largest absolute Gasteiger partial charge is 0.341 e. The fourth-order valence-corrected chi connectivity index (χ4v) is 2.27. The van der Waals surface area contributed by atoms with Crippen LogP contribution in [0.3, 0.4) is 0 Å². The first-order valence-electron chi connectivity index (χ1n) is 5.39. The van der Waals surface area contributed by atoms with Crippen LogP contribution in [0.4, 0.5) is 4.39 Å². The quantitative estimate of drug-likeness (QED) is 0.706. The van der Waals surface area contributed by atoms with Gasteiger partial charge >= 0.3 is 0 Å². The second kappa shape index (κ2) is 4.26. The van der Waals surface area contributed by atoms with Crippen LogP contribution in [0, 0.1) is 5.92 Å². The fourth-order valence-electron chi connectivity index (χ4n) is 2.27. The summed E-state index contributed by atoms with van der Waals surface area (Å²) < 4.78 is 12.4. The van der Waals surface area contributed by atoms with Crippen molar-refractivity contribution in [2.45, 2.75) is 25.3 Å². The summed E-state index contributed by atoms with van der Waals surface area (Å²) in [5.41, 5.74) is 0. The van der Waals surface area contributed by atoms with E-state index in [2.05, 4.69) is 5.32 Å². The zero-order valence-electron chi connectivity index (χ0n) is 8.34. The molecule has 0 spiro atoms. The summed E-state index contributed by atoms with van der Waals surface area (Å²) in [6.07, 6.45) is 2.85. The first-order valence-corrected chi connectivity index (χ1v) is 5.39. The smallest absolute Gasteiger partial charge is 0.239 e. The molecule has 0 radical (unpaired) electrons. The van der Waals surface area contributed by atoms with Crippen molar-refractivity contribution in [1.29, 1.82) is 0 Å². The summed E-state index contributed by atoms with van der Waals surface area (Å²) in [5, 5.41) is 3.18. The van der Waals surface area contributed by atoms with E-state index in [4.69, 9.17) is 0 Å². The van der Waals surface area contributed by atoms with Crippen molar-refractivity contribution in [3.8, 4) is 0 Å². The summed E-state index contributed by atoms with van der Waals surface area (Å²) in [7, 11) is 0. The molecule has 80 valence electrons. The maximum atomic E-state index is 12.4. The summed E-state index contributed by atoms with van der Waals surface area (Å²) in [6.45, 7) is 2.01. The van der Waals surface area contributed by atoms with E-state index in [0.717, 1.165) is 32.4 Å². The lowest BCUT2D eigenvalue weighted by Crippen LogP contribution is -2.42. The summed E-state index contributed by atoms with van der Waals surface area (Å²) >= 11 is 0. The highest BCUT2D eigenvalue weighted by Crippen LogP contribution is 2.19. The SMILES string of the molecule is O=C([C@H]1CCCN1)N1CC[C@@H](CF)C1. The van der Waals surface area contributed by atoms with Crippen molar-refractivity contribution in [1.82, 2.24) is 10.2 Å². The number of halogens is 1. The van der Waals surface area contributed by atoms with Crippen LogP contribution in [-0.2, 0) is 4.79 Å². The van der Waals surface area contributed by atoms with E-state index in [1.807, 2.05) is 4.90 Å². The van der Waals surface area contributed by atoms with E-state index in [1.54, 1.807) is 0 Å². The number of carbonyl (C=O) groups excluding carboxylic acids is 1. The van der Waals surface area contributed by atoms with Crippen LogP contribution in [-0.4, -0.2) is 43.2 Å². The van der Waals surface area contributed by atoms with Gasteiger partial charge in [0.15, 0.2) is 0 Å². The Morgan fingerprint density at radius 2 is 2.36 bits per heavy atom. The van der Waals surface area contributed by atoms with Gasteiger partial charge < -0.3 is 10.2 Å². The summed E-state index contributed by atoms with van der Waals surface area (Å²) in [6, 6.07) is 0.00774. The number of hydrogen-bond acceptors (Lipinski definition) is 2. The van der Waals surface area contributed by atoms with Crippen LogP contribution in [0.1, 0.15) is 19.3 Å². The van der Waals surface area contributed by atoms with Gasteiger partial charge in [-0.05, 0) is 25.8 Å². The van der Waals surface area contributed by atoms with Crippen molar-refractivity contribution in [3.63, 3.8) is 0 Å². The van der Waals surface area contributed by atoms with E-state index in [9.17, 15) is 9.18 Å². The van der Waals surface area contributed by atoms with Crippen LogP contribution in [0.15, 0.2) is 0 Å². The number of nitrogens with one attached hydrogen (secondary N) is 1. The van der Waals surface area contributed by atoms with Gasteiger partial charge in [-0.1, -0.05) is 0 Å². The zero-order valence-corrected chi connectivity index (χ0v) is 8.34. The molecular weight excluding hydrogens is 183 g/mol. The predicted octanol–water partition coefficient (Wildman–Crippen LogP) is 0.556. The van der Waals surface area contributed by atoms with E-state index in [1.165, 1.54) is 0 Å². The Balaban J connectivity index is 1.86. The number of amides is 1. The molecule has 14 heavy (non-hydrogen) atoms. The van der Waals surface area contributed by atoms with Gasteiger partial charge in [0.05, 0.1) is 12.7 Å². The van der Waals surface area contributed by atoms with Gasteiger partial charge in [0.2, 0.25) is 5.91 Å². The Bertz CT molecular complexity index is 216. The number of alkyl halides is 1. The number of likely N-dealkylation sites (tertiary alicyclic amines) is 1. The van der Waals surface area contributed by atoms with E-state index in [-0.39, 0.29) is 24.5 Å². The molecule has 2 rings (SSSR count). The molecule has 0 aromatic heterocycles. The molecule has 4 heteroatoms. The maximum Gasteiger partial charge on any atom is 0.239 e. The molecule has 2 aliphatic heterocycles. The number of rotatable bonds is 2. The molecule has 0 saturated carbocycles. The number of hydrogen-bond donors (Lipinski definition) is 1. The maximum absolute atomic E-state index is 12.4. The number of carbonyl (C=O) groups is 1. The van der Waals surface area contributed by atoms with E-state index in [0.29, 0.717) is 6.54 Å². The molecular formula is C10H17FN2O. The molecule has 2 fully saturated rings. The van der Waals surface area contributed by atoms with Gasteiger partial charge in [0, 0.05) is 19.0 Å². The molecule has 0 bridgehead atoms. The van der Waals surface area contributed by atoms with Crippen LogP contribution in [0.25, 0.3) is 0 Å². The van der Waals surface area contributed by atoms with Gasteiger partial charge in [-0.3, -0.25) is 9.18 Å². The lowest BCUT2D eigenvalue weighted by molar-refractivity contribution is -0.132. The molecule has 2 saturated heterocycles. The molecule has 1 N–H and O–H groups in total. The number of nitrogens with zero attached hydrogens (tertiary/aromatic N) is 1. The van der Waals surface area contributed by atoms with Crippen LogP contribution < -0.4 is 5.32 Å². The Kier molecular flexibility index (Phi) is 3.01. The van der Waals surface area contributed by atoms with Crippen molar-refractivity contribution in [2.24, 2.45) is 5.92 Å². The monoisotopic (exact) mass is 200 g/mol. The first kappa shape index (κ1) is 9.90. The third-order valence-corrected chi connectivity index (χ3v) is 3.17. The third-order valence-electron chi connectivity index (χ3n) is 3.17. The minimum atomic E-state index is -0.290. The minimum absolute atomic E-state index is 0.00774. The van der Waals surface area contributed by atoms with E-state index < -0.39 is 0 Å². The Morgan fingerprint density at radius 1 is 1.50 bits per heavy atom. The van der Waals surface area contributed by atoms with Crippen LogP contribution in [0.5, 0.6) is 0 Å². The minimum Gasteiger partial charge on any atom is -0.341 e. The van der Waals surface area contributed by atoms with Gasteiger partial charge in [-0.25, -0.2) is 0 Å². The normalized spacial score (nSPS) is 32.5. The lowest BCUT2D eigenvalue weighted by atomic mass is 10.1. The molecule has 0 aromatic carbocycles. The third kappa shape index (κ3) is 1.90. The highest BCUT2D eigenvalue weighted by molar-refractivity contribution is 5.82. The van der Waals surface area contributed by atoms with Crippen LogP contribution in [0.2, 0.25) is 0 Å². The molecule has 3 nitrogen and oxygen atoms in total. The topological polar surface area (TPSA) is 32.3 Å². The average molecular weight is 200 g/mol. The van der Waals surface area contributed by atoms with Crippen molar-refractivity contribution in [3.05, 3.63) is 0 Å². The highest BCUT2D eigenvalue weighted by Gasteiger charge is 2.31. The second-order valence-corrected chi connectivity index (χ2v) is 4.24. The van der Waals surface area contributed by atoms with Crippen molar-refractivity contribution in [2.75, 3.05) is 26.3 Å². The molecule has 0 unspecified atom stereocenters. The molecule has 0 aromatic rings. The fraction of sp³-hybridized carbons (Fsp3) is 0.900. The Labute approximate surface area is 83.6 Å². The summed E-state index contributed by atoms with van der Waals surface area (Å²) in [5.74, 6) is 0.263. The molecule has 2 aliphatic rings. The van der Waals surface area contributed by atoms with Gasteiger partial charge in [-0.15, -0.1) is 0 Å². The van der Waals surface area contributed by atoms with Gasteiger partial charge in [0.1, 0.15) is 0 Å². The first-order chi connectivity index (χ1) is 6.81. The van der Waals surface area contributed by atoms with Crippen molar-refractivity contribution >= 4 is 5.91 Å². The summed E-state index contributed by atoms with van der Waals surface area (Å²) in [4.78, 5) is 13.7. The lowest BCUT2D eigenvalue weighted by Gasteiger charge is -2.20.